The number of rotatable bonds is 4. The zero-order valence-electron chi connectivity index (χ0n) is 14.1. The van der Waals surface area contributed by atoms with E-state index < -0.39 is 23.1 Å². The van der Waals surface area contributed by atoms with Gasteiger partial charge in [0.05, 0.1) is 0 Å². The van der Waals surface area contributed by atoms with Gasteiger partial charge in [-0.1, -0.05) is 24.8 Å². The van der Waals surface area contributed by atoms with Crippen molar-refractivity contribution in [3.63, 3.8) is 0 Å². The van der Waals surface area contributed by atoms with Gasteiger partial charge >= 0.3 is 11.9 Å². The number of ether oxygens (including phenoxy) is 2. The molecule has 22 heavy (non-hydrogen) atoms. The molecule has 0 aliphatic heterocycles. The third kappa shape index (κ3) is 4.20. The van der Waals surface area contributed by atoms with Crippen LogP contribution >= 0.6 is 0 Å². The maximum absolute atomic E-state index is 12.6. The van der Waals surface area contributed by atoms with Crippen LogP contribution in [0, 0.1) is 13.8 Å². The highest BCUT2D eigenvalue weighted by Crippen LogP contribution is 2.30. The normalized spacial score (nSPS) is 13.9. The summed E-state index contributed by atoms with van der Waals surface area (Å²) in [4.78, 5) is 24.3. The Morgan fingerprint density at radius 2 is 1.64 bits per heavy atom. The van der Waals surface area contributed by atoms with Gasteiger partial charge in [-0.2, -0.15) is 0 Å². The molecule has 1 aromatic carbocycles. The Kier molecular flexibility index (Phi) is 5.17. The molecule has 1 aromatic rings. The van der Waals surface area contributed by atoms with E-state index >= 15 is 0 Å². The second-order valence-electron chi connectivity index (χ2n) is 6.46. The minimum atomic E-state index is -1.52. The van der Waals surface area contributed by atoms with Crippen LogP contribution in [0.4, 0.5) is 0 Å². The first-order chi connectivity index (χ1) is 9.99. The van der Waals surface area contributed by atoms with Crippen molar-refractivity contribution in [2.75, 3.05) is 0 Å². The van der Waals surface area contributed by atoms with E-state index in [1.54, 1.807) is 26.8 Å². The molecule has 0 radical (unpaired) electrons. The average Bonchev–Trinajstić information content (AvgIpc) is 2.39. The van der Waals surface area contributed by atoms with E-state index in [0.29, 0.717) is 5.56 Å². The van der Waals surface area contributed by atoms with Gasteiger partial charge < -0.3 is 9.47 Å². The first kappa shape index (κ1) is 18.0. The van der Waals surface area contributed by atoms with Crippen molar-refractivity contribution in [3.8, 4) is 0 Å². The van der Waals surface area contributed by atoms with E-state index in [1.807, 2.05) is 26.0 Å². The van der Waals surface area contributed by atoms with Crippen molar-refractivity contribution >= 4 is 11.9 Å². The lowest BCUT2D eigenvalue weighted by molar-refractivity contribution is -0.188. The number of esters is 2. The molecule has 1 atom stereocenters. The lowest BCUT2D eigenvalue weighted by Gasteiger charge is -2.31. The number of carbonyl (C=O) groups excluding carboxylic acids is 2. The third-order valence-corrected chi connectivity index (χ3v) is 3.32. The summed E-state index contributed by atoms with van der Waals surface area (Å²) in [6.07, 6.45) is 1.03. The predicted octanol–water partition coefficient (Wildman–Crippen LogP) is 3.59. The molecule has 0 amide bonds. The molecule has 0 spiro atoms. The molecule has 0 saturated carbocycles. The van der Waals surface area contributed by atoms with E-state index in [-0.39, 0.29) is 0 Å². The van der Waals surface area contributed by atoms with Crippen LogP contribution in [0.25, 0.3) is 0 Å². The van der Waals surface area contributed by atoms with E-state index in [9.17, 15) is 9.59 Å². The SMILES string of the molecule is C=CC(=O)OC(C)(C(=O)OC(C)(C)C)c1ccc(C)c(C)c1. The zero-order valence-corrected chi connectivity index (χ0v) is 14.1. The molecule has 0 bridgehead atoms. The quantitative estimate of drug-likeness (QED) is 0.630. The van der Waals surface area contributed by atoms with Crippen molar-refractivity contribution in [1.82, 2.24) is 0 Å². The molecule has 0 fully saturated rings. The molecule has 0 aliphatic rings. The second-order valence-corrected chi connectivity index (χ2v) is 6.46. The van der Waals surface area contributed by atoms with E-state index in [1.165, 1.54) is 6.92 Å². The predicted molar refractivity (Wildman–Crippen MR) is 85.4 cm³/mol. The summed E-state index contributed by atoms with van der Waals surface area (Å²) >= 11 is 0. The Labute approximate surface area is 132 Å². The molecular formula is C18H24O4. The van der Waals surface area contributed by atoms with Crippen molar-refractivity contribution in [1.29, 1.82) is 0 Å². The van der Waals surface area contributed by atoms with E-state index in [4.69, 9.17) is 9.47 Å². The van der Waals surface area contributed by atoms with Crippen LogP contribution in [-0.2, 0) is 24.7 Å². The van der Waals surface area contributed by atoms with Gasteiger partial charge in [0.1, 0.15) is 5.60 Å². The van der Waals surface area contributed by atoms with Gasteiger partial charge in [-0.15, -0.1) is 0 Å². The lowest BCUT2D eigenvalue weighted by atomic mass is 9.92. The summed E-state index contributed by atoms with van der Waals surface area (Å²) in [7, 11) is 0. The number of hydrogen-bond donors (Lipinski definition) is 0. The maximum Gasteiger partial charge on any atom is 0.355 e. The molecule has 0 aliphatic carbocycles. The highest BCUT2D eigenvalue weighted by molar-refractivity contribution is 5.88. The molecule has 4 heteroatoms. The van der Waals surface area contributed by atoms with Gasteiger partial charge in [-0.3, -0.25) is 0 Å². The van der Waals surface area contributed by atoms with Gasteiger partial charge in [0.2, 0.25) is 5.60 Å². The Bertz CT molecular complexity index is 596. The lowest BCUT2D eigenvalue weighted by Crippen LogP contribution is -2.42. The first-order valence-electron chi connectivity index (χ1n) is 7.16. The molecule has 0 saturated heterocycles. The average molecular weight is 304 g/mol. The molecule has 0 heterocycles. The Morgan fingerprint density at radius 3 is 2.09 bits per heavy atom. The molecule has 1 rings (SSSR count). The van der Waals surface area contributed by atoms with Gasteiger partial charge in [-0.05, 0) is 52.7 Å². The van der Waals surface area contributed by atoms with Gasteiger partial charge in [-0.25, -0.2) is 9.59 Å². The van der Waals surface area contributed by atoms with Gasteiger partial charge in [0.15, 0.2) is 0 Å². The summed E-state index contributed by atoms with van der Waals surface area (Å²) < 4.78 is 10.8. The minimum Gasteiger partial charge on any atom is -0.457 e. The van der Waals surface area contributed by atoms with Crippen LogP contribution in [0.5, 0.6) is 0 Å². The number of hydrogen-bond acceptors (Lipinski definition) is 4. The summed E-state index contributed by atoms with van der Waals surface area (Å²) in [5.41, 5.74) is 0.461. The minimum absolute atomic E-state index is 0.569. The van der Waals surface area contributed by atoms with Gasteiger partial charge in [0.25, 0.3) is 0 Å². The fourth-order valence-electron chi connectivity index (χ4n) is 1.87. The number of aryl methyl sites for hydroxylation is 2. The number of benzene rings is 1. The monoisotopic (exact) mass is 304 g/mol. The fraction of sp³-hybridized carbons (Fsp3) is 0.444. The molecule has 120 valence electrons. The molecule has 1 unspecified atom stereocenters. The summed E-state index contributed by atoms with van der Waals surface area (Å²) in [5, 5.41) is 0. The van der Waals surface area contributed by atoms with Crippen LogP contribution in [0.2, 0.25) is 0 Å². The number of carbonyl (C=O) groups is 2. The van der Waals surface area contributed by atoms with Crippen LogP contribution in [-0.4, -0.2) is 17.5 Å². The van der Waals surface area contributed by atoms with Crippen LogP contribution < -0.4 is 0 Å². The molecule has 4 nitrogen and oxygen atoms in total. The topological polar surface area (TPSA) is 52.6 Å². The molecular weight excluding hydrogens is 280 g/mol. The van der Waals surface area contributed by atoms with Crippen LogP contribution in [0.1, 0.15) is 44.4 Å². The highest BCUT2D eigenvalue weighted by Gasteiger charge is 2.42. The summed E-state index contributed by atoms with van der Waals surface area (Å²) in [5.74, 6) is -1.29. The van der Waals surface area contributed by atoms with Crippen molar-refractivity contribution in [3.05, 3.63) is 47.5 Å². The Morgan fingerprint density at radius 1 is 1.05 bits per heavy atom. The van der Waals surface area contributed by atoms with Crippen LogP contribution in [0.15, 0.2) is 30.9 Å². The van der Waals surface area contributed by atoms with E-state index in [0.717, 1.165) is 17.2 Å². The summed E-state index contributed by atoms with van der Waals surface area (Å²) in [6.45, 7) is 14.1. The molecule has 0 N–H and O–H groups in total. The zero-order chi connectivity index (χ0) is 17.1. The molecule has 0 aromatic heterocycles. The standard InChI is InChI=1S/C18H24O4/c1-8-15(19)21-18(7,16(20)22-17(4,5)6)14-10-9-12(2)13(3)11-14/h8-11H,1H2,2-7H3. The maximum atomic E-state index is 12.6. The largest absolute Gasteiger partial charge is 0.457 e. The first-order valence-corrected chi connectivity index (χ1v) is 7.16. The third-order valence-electron chi connectivity index (χ3n) is 3.32. The Balaban J connectivity index is 3.32. The smallest absolute Gasteiger partial charge is 0.355 e. The van der Waals surface area contributed by atoms with Crippen LogP contribution in [0.3, 0.4) is 0 Å². The highest BCUT2D eigenvalue weighted by atomic mass is 16.6. The second kappa shape index (κ2) is 6.34. The van der Waals surface area contributed by atoms with Crippen molar-refractivity contribution in [2.45, 2.75) is 52.7 Å². The Hall–Kier alpha value is -2.10. The summed E-state index contributed by atoms with van der Waals surface area (Å²) in [6, 6.07) is 5.48. The van der Waals surface area contributed by atoms with E-state index in [2.05, 4.69) is 6.58 Å². The van der Waals surface area contributed by atoms with Gasteiger partial charge in [0, 0.05) is 11.6 Å². The van der Waals surface area contributed by atoms with Crippen molar-refractivity contribution < 1.29 is 19.1 Å². The fourth-order valence-corrected chi connectivity index (χ4v) is 1.87. The van der Waals surface area contributed by atoms with Crippen molar-refractivity contribution in [2.24, 2.45) is 0 Å².